The third-order valence-corrected chi connectivity index (χ3v) is 1.89. The highest BCUT2D eigenvalue weighted by Crippen LogP contribution is 2.27. The summed E-state index contributed by atoms with van der Waals surface area (Å²) in [7, 11) is 0. The molecule has 74 valence electrons. The van der Waals surface area contributed by atoms with Gasteiger partial charge in [-0.05, 0) is 6.07 Å². The molecule has 0 saturated heterocycles. The maximum absolute atomic E-state index is 12.3. The second-order valence-electron chi connectivity index (χ2n) is 2.43. The molecule has 1 rings (SSSR count). The predicted octanol–water partition coefficient (Wildman–Crippen LogP) is 2.04. The summed E-state index contributed by atoms with van der Waals surface area (Å²) in [6.07, 6.45) is -2.78. The van der Waals surface area contributed by atoms with E-state index >= 15 is 0 Å². The second-order valence-corrected chi connectivity index (χ2v) is 2.79. The Labute approximate surface area is 83.6 Å². The van der Waals surface area contributed by atoms with Gasteiger partial charge in [0.15, 0.2) is 0 Å². The summed E-state index contributed by atoms with van der Waals surface area (Å²) in [4.78, 5) is 3.50. The number of pyridine rings is 1. The van der Waals surface area contributed by atoms with Crippen molar-refractivity contribution in [2.75, 3.05) is 0 Å². The first-order valence-corrected chi connectivity index (χ1v) is 3.96. The summed E-state index contributed by atoms with van der Waals surface area (Å²) in [5.74, 6) is 0. The van der Waals surface area contributed by atoms with Crippen LogP contribution in [0.1, 0.15) is 23.2 Å². The van der Waals surface area contributed by atoms with Gasteiger partial charge in [0.05, 0.1) is 23.4 Å². The Balaban J connectivity index is 3.32. The van der Waals surface area contributed by atoms with Gasteiger partial charge in [-0.3, -0.25) is 0 Å². The molecule has 6 heteroatoms. The Kier molecular flexibility index (Phi) is 3.33. The number of alkyl halides is 2. The number of hydrogen-bond donors (Lipinski definition) is 1. The van der Waals surface area contributed by atoms with E-state index in [1.165, 1.54) is 0 Å². The number of aliphatic hydroxyl groups is 1. The minimum atomic E-state index is -2.78. The largest absolute Gasteiger partial charge is 0.390 e. The van der Waals surface area contributed by atoms with E-state index in [9.17, 15) is 8.78 Å². The van der Waals surface area contributed by atoms with Crippen LogP contribution >= 0.6 is 11.6 Å². The monoisotopic (exact) mass is 218 g/mol. The van der Waals surface area contributed by atoms with E-state index < -0.39 is 18.6 Å². The molecule has 0 aliphatic heterocycles. The summed E-state index contributed by atoms with van der Waals surface area (Å²) in [6.45, 7) is -0.508. The molecule has 0 radical (unpaired) electrons. The van der Waals surface area contributed by atoms with Gasteiger partial charge in [0.25, 0.3) is 6.43 Å². The number of nitriles is 1. The first-order valence-electron chi connectivity index (χ1n) is 3.58. The molecule has 1 aromatic rings. The van der Waals surface area contributed by atoms with Crippen LogP contribution in [0.2, 0.25) is 5.15 Å². The van der Waals surface area contributed by atoms with Gasteiger partial charge in [-0.25, -0.2) is 13.8 Å². The SMILES string of the molecule is N#Cc1cc(C(F)F)c(Cl)nc1CO. The van der Waals surface area contributed by atoms with Crippen molar-refractivity contribution in [3.8, 4) is 6.07 Å². The summed E-state index contributed by atoms with van der Waals surface area (Å²) in [5.41, 5.74) is -0.588. The zero-order chi connectivity index (χ0) is 10.7. The highest BCUT2D eigenvalue weighted by Gasteiger charge is 2.16. The zero-order valence-corrected chi connectivity index (χ0v) is 7.59. The molecule has 0 atom stereocenters. The van der Waals surface area contributed by atoms with Gasteiger partial charge >= 0.3 is 0 Å². The standard InChI is InChI=1S/C8H5ClF2N2O/c9-7-5(8(10)11)1-4(2-12)6(3-14)13-7/h1,8,14H,3H2. The summed E-state index contributed by atoms with van der Waals surface area (Å²) in [5, 5.41) is 16.9. The highest BCUT2D eigenvalue weighted by atomic mass is 35.5. The summed E-state index contributed by atoms with van der Waals surface area (Å²) in [6, 6.07) is 2.59. The van der Waals surface area contributed by atoms with Crippen LogP contribution < -0.4 is 0 Å². The first-order chi connectivity index (χ1) is 6.60. The molecule has 3 nitrogen and oxygen atoms in total. The minimum Gasteiger partial charge on any atom is -0.390 e. The Hall–Kier alpha value is -1.25. The lowest BCUT2D eigenvalue weighted by atomic mass is 10.1. The van der Waals surface area contributed by atoms with Crippen molar-refractivity contribution in [3.05, 3.63) is 28.0 Å². The molecule has 0 unspecified atom stereocenters. The van der Waals surface area contributed by atoms with Crippen LogP contribution in [-0.2, 0) is 6.61 Å². The molecular formula is C8H5ClF2N2O. The number of rotatable bonds is 2. The van der Waals surface area contributed by atoms with E-state index in [0.717, 1.165) is 6.07 Å². The van der Waals surface area contributed by atoms with E-state index in [0.29, 0.717) is 0 Å². The average Bonchev–Trinajstić information content (AvgIpc) is 2.16. The molecule has 0 fully saturated rings. The van der Waals surface area contributed by atoms with Crippen LogP contribution in [0, 0.1) is 11.3 Å². The lowest BCUT2D eigenvalue weighted by Crippen LogP contribution is -1.99. The third-order valence-electron chi connectivity index (χ3n) is 1.59. The molecule has 0 spiro atoms. The van der Waals surface area contributed by atoms with E-state index in [1.54, 1.807) is 6.07 Å². The van der Waals surface area contributed by atoms with Crippen LogP contribution in [0.15, 0.2) is 6.07 Å². The Morgan fingerprint density at radius 3 is 2.71 bits per heavy atom. The molecule has 1 aromatic heterocycles. The lowest BCUT2D eigenvalue weighted by Gasteiger charge is -2.05. The van der Waals surface area contributed by atoms with Crippen LogP contribution in [-0.4, -0.2) is 10.1 Å². The lowest BCUT2D eigenvalue weighted by molar-refractivity contribution is 0.151. The Bertz CT molecular complexity index is 390. The quantitative estimate of drug-likeness (QED) is 0.773. The van der Waals surface area contributed by atoms with E-state index in [2.05, 4.69) is 4.98 Å². The molecule has 0 saturated carbocycles. The highest BCUT2D eigenvalue weighted by molar-refractivity contribution is 6.30. The summed E-state index contributed by atoms with van der Waals surface area (Å²) < 4.78 is 24.6. The van der Waals surface area contributed by atoms with Crippen molar-refractivity contribution in [2.45, 2.75) is 13.0 Å². The van der Waals surface area contributed by atoms with Crippen molar-refractivity contribution in [3.63, 3.8) is 0 Å². The molecular weight excluding hydrogens is 214 g/mol. The van der Waals surface area contributed by atoms with Gasteiger partial charge in [-0.1, -0.05) is 11.6 Å². The Morgan fingerprint density at radius 1 is 1.64 bits per heavy atom. The number of halogens is 3. The predicted molar refractivity (Wildman–Crippen MR) is 44.8 cm³/mol. The number of nitrogens with zero attached hydrogens (tertiary/aromatic N) is 2. The van der Waals surface area contributed by atoms with Gasteiger partial charge in [0.2, 0.25) is 0 Å². The number of aromatic nitrogens is 1. The summed E-state index contributed by atoms with van der Waals surface area (Å²) >= 11 is 5.42. The molecule has 0 amide bonds. The molecule has 14 heavy (non-hydrogen) atoms. The number of hydrogen-bond acceptors (Lipinski definition) is 3. The van der Waals surface area contributed by atoms with E-state index in [1.807, 2.05) is 0 Å². The van der Waals surface area contributed by atoms with E-state index in [4.69, 9.17) is 22.0 Å². The van der Waals surface area contributed by atoms with Crippen LogP contribution in [0.25, 0.3) is 0 Å². The molecule has 0 bridgehead atoms. The maximum Gasteiger partial charge on any atom is 0.266 e. The van der Waals surface area contributed by atoms with E-state index in [-0.39, 0.29) is 16.4 Å². The van der Waals surface area contributed by atoms with Gasteiger partial charge in [-0.15, -0.1) is 0 Å². The molecule has 0 aromatic carbocycles. The fourth-order valence-corrected chi connectivity index (χ4v) is 1.15. The second kappa shape index (κ2) is 4.31. The topological polar surface area (TPSA) is 56.9 Å². The first kappa shape index (κ1) is 10.8. The zero-order valence-electron chi connectivity index (χ0n) is 6.84. The molecule has 0 aliphatic carbocycles. The fourth-order valence-electron chi connectivity index (χ4n) is 0.912. The number of aliphatic hydroxyl groups excluding tert-OH is 1. The smallest absolute Gasteiger partial charge is 0.266 e. The molecule has 1 heterocycles. The average molecular weight is 219 g/mol. The van der Waals surface area contributed by atoms with Gasteiger partial charge < -0.3 is 5.11 Å². The van der Waals surface area contributed by atoms with Crippen LogP contribution in [0.3, 0.4) is 0 Å². The van der Waals surface area contributed by atoms with Crippen molar-refractivity contribution in [1.82, 2.24) is 4.98 Å². The normalized spacial score (nSPS) is 10.3. The maximum atomic E-state index is 12.3. The fraction of sp³-hybridized carbons (Fsp3) is 0.250. The van der Waals surface area contributed by atoms with Gasteiger partial charge in [0.1, 0.15) is 11.2 Å². The molecule has 0 aliphatic rings. The van der Waals surface area contributed by atoms with Crippen molar-refractivity contribution < 1.29 is 13.9 Å². The van der Waals surface area contributed by atoms with Crippen molar-refractivity contribution in [1.29, 1.82) is 5.26 Å². The molecule has 1 N–H and O–H groups in total. The van der Waals surface area contributed by atoms with Gasteiger partial charge in [-0.2, -0.15) is 5.26 Å². The Morgan fingerprint density at radius 2 is 2.29 bits per heavy atom. The van der Waals surface area contributed by atoms with Crippen molar-refractivity contribution in [2.24, 2.45) is 0 Å². The van der Waals surface area contributed by atoms with Crippen molar-refractivity contribution >= 4 is 11.6 Å². The third kappa shape index (κ3) is 1.97. The van der Waals surface area contributed by atoms with Crippen LogP contribution in [0.5, 0.6) is 0 Å². The van der Waals surface area contributed by atoms with Crippen LogP contribution in [0.4, 0.5) is 8.78 Å². The minimum absolute atomic E-state index is 0.00176. The van der Waals surface area contributed by atoms with Gasteiger partial charge in [0, 0.05) is 0 Å².